The largest absolute Gasteiger partial charge is 0.358 e. The fourth-order valence-electron chi connectivity index (χ4n) is 3.51. The van der Waals surface area contributed by atoms with Gasteiger partial charge < -0.3 is 4.98 Å². The van der Waals surface area contributed by atoms with E-state index in [1.165, 1.54) is 6.07 Å². The van der Waals surface area contributed by atoms with E-state index in [1.807, 2.05) is 0 Å². The summed E-state index contributed by atoms with van der Waals surface area (Å²) in [6.07, 6.45) is 1.95. The number of carbonyl (C=O) groups is 1. The lowest BCUT2D eigenvalue weighted by molar-refractivity contribution is 0.0974. The van der Waals surface area contributed by atoms with Crippen LogP contribution < -0.4 is 4.72 Å². The Labute approximate surface area is 154 Å². The van der Waals surface area contributed by atoms with Gasteiger partial charge in [0.05, 0.1) is 10.6 Å². The van der Waals surface area contributed by atoms with Crippen molar-refractivity contribution in [1.29, 1.82) is 0 Å². The number of aromatic nitrogens is 1. The first kappa shape index (κ1) is 17.7. The molecule has 8 heteroatoms. The van der Waals surface area contributed by atoms with Crippen molar-refractivity contribution < 1.29 is 22.0 Å². The molecule has 0 bridgehead atoms. The minimum absolute atomic E-state index is 0.0393. The highest BCUT2D eigenvalue weighted by molar-refractivity contribution is 7.92. The number of aryl methyl sites for hydroxylation is 2. The van der Waals surface area contributed by atoms with Crippen molar-refractivity contribution in [3.63, 3.8) is 0 Å². The molecule has 4 rings (SSSR count). The van der Waals surface area contributed by atoms with Crippen LogP contribution in [0.15, 0.2) is 35.2 Å². The molecule has 0 saturated carbocycles. The number of nitrogens with one attached hydrogen (secondary N) is 2. The van der Waals surface area contributed by atoms with Gasteiger partial charge in [0, 0.05) is 34.6 Å². The molecule has 0 fully saturated rings. The molecule has 1 aromatic heterocycles. The van der Waals surface area contributed by atoms with Crippen LogP contribution in [-0.2, 0) is 16.4 Å². The first-order chi connectivity index (χ1) is 12.8. The summed E-state index contributed by atoms with van der Waals surface area (Å²) in [5.74, 6) is -1.59. The van der Waals surface area contributed by atoms with Crippen LogP contribution in [0.1, 0.15) is 34.5 Å². The summed E-state index contributed by atoms with van der Waals surface area (Å²) in [7, 11) is -4.15. The third-order valence-electron chi connectivity index (χ3n) is 4.74. The van der Waals surface area contributed by atoms with E-state index in [0.29, 0.717) is 28.5 Å². The average Bonchev–Trinajstić information content (AvgIpc) is 2.96. The number of H-pyrrole nitrogens is 1. The summed E-state index contributed by atoms with van der Waals surface area (Å²) >= 11 is 0. The third kappa shape index (κ3) is 2.99. The molecule has 0 amide bonds. The van der Waals surface area contributed by atoms with Gasteiger partial charge >= 0.3 is 0 Å². The van der Waals surface area contributed by atoms with Crippen molar-refractivity contribution >= 4 is 32.4 Å². The van der Waals surface area contributed by atoms with E-state index in [1.54, 1.807) is 13.0 Å². The van der Waals surface area contributed by atoms with E-state index in [-0.39, 0.29) is 10.7 Å². The molecule has 0 spiro atoms. The number of hydrogen-bond donors (Lipinski definition) is 2. The van der Waals surface area contributed by atoms with Gasteiger partial charge in [-0.1, -0.05) is 0 Å². The molecule has 0 aliphatic heterocycles. The molecule has 0 unspecified atom stereocenters. The maximum Gasteiger partial charge on any atom is 0.262 e. The van der Waals surface area contributed by atoms with Gasteiger partial charge in [-0.3, -0.25) is 9.52 Å². The number of rotatable bonds is 3. The van der Waals surface area contributed by atoms with Crippen LogP contribution in [0.25, 0.3) is 10.9 Å². The summed E-state index contributed by atoms with van der Waals surface area (Å²) in [6, 6.07) is 5.62. The maximum atomic E-state index is 13.8. The van der Waals surface area contributed by atoms with Crippen molar-refractivity contribution in [3.05, 3.63) is 58.8 Å². The molecule has 1 aliphatic carbocycles. The van der Waals surface area contributed by atoms with Gasteiger partial charge in [-0.05, 0) is 49.6 Å². The lowest BCUT2D eigenvalue weighted by Crippen LogP contribution is -2.15. The Morgan fingerprint density at radius 1 is 1.11 bits per heavy atom. The Balaban J connectivity index is 1.82. The van der Waals surface area contributed by atoms with Crippen molar-refractivity contribution in [2.75, 3.05) is 4.72 Å². The quantitative estimate of drug-likeness (QED) is 0.707. The number of sulfonamides is 1. The summed E-state index contributed by atoms with van der Waals surface area (Å²) in [4.78, 5) is 15.3. The van der Waals surface area contributed by atoms with E-state index in [0.717, 1.165) is 36.7 Å². The fourth-order valence-corrected chi connectivity index (χ4v) is 4.82. The van der Waals surface area contributed by atoms with Crippen LogP contribution in [0.2, 0.25) is 0 Å². The Bertz CT molecular complexity index is 1200. The zero-order valence-corrected chi connectivity index (χ0v) is 15.2. The number of carbonyl (C=O) groups excluding carboxylic acids is 1. The van der Waals surface area contributed by atoms with Crippen LogP contribution in [0.3, 0.4) is 0 Å². The van der Waals surface area contributed by atoms with Gasteiger partial charge in [0.15, 0.2) is 5.78 Å². The molecule has 5 nitrogen and oxygen atoms in total. The van der Waals surface area contributed by atoms with E-state index in [9.17, 15) is 22.0 Å². The third-order valence-corrected chi connectivity index (χ3v) is 6.25. The van der Waals surface area contributed by atoms with Gasteiger partial charge in [-0.2, -0.15) is 0 Å². The lowest BCUT2D eigenvalue weighted by Gasteiger charge is -2.12. The highest BCUT2D eigenvalue weighted by atomic mass is 32.2. The number of ketones is 1. The Morgan fingerprint density at radius 2 is 1.89 bits per heavy atom. The highest BCUT2D eigenvalue weighted by Gasteiger charge is 2.25. The van der Waals surface area contributed by atoms with Crippen LogP contribution in [0.5, 0.6) is 0 Å². The molecule has 1 heterocycles. The van der Waals surface area contributed by atoms with Crippen molar-refractivity contribution in [2.24, 2.45) is 0 Å². The number of halogens is 2. The van der Waals surface area contributed by atoms with Gasteiger partial charge in [0.1, 0.15) is 11.6 Å². The van der Waals surface area contributed by atoms with Crippen LogP contribution >= 0.6 is 0 Å². The number of hydrogen-bond acceptors (Lipinski definition) is 3. The van der Waals surface area contributed by atoms with Crippen LogP contribution in [0, 0.1) is 18.6 Å². The SMILES string of the molecule is Cc1cc2c3c([nH]c2cc1S(=O)(=O)Nc1cc(F)ccc1F)CCCC3=O. The maximum absolute atomic E-state index is 13.8. The second-order valence-corrected chi connectivity index (χ2v) is 8.30. The van der Waals surface area contributed by atoms with E-state index in [4.69, 9.17) is 0 Å². The molecular weight excluding hydrogens is 374 g/mol. The minimum Gasteiger partial charge on any atom is -0.358 e. The first-order valence-corrected chi connectivity index (χ1v) is 9.91. The average molecular weight is 390 g/mol. The molecular formula is C19H16F2N2O3S. The standard InChI is InChI=1S/C19H16F2N2O3S/c1-10-7-12-15(22-14-3-2-4-17(24)19(12)14)9-18(10)27(25,26)23-16-8-11(20)5-6-13(16)21/h5-9,22-23H,2-4H2,1H3. The molecule has 0 atom stereocenters. The summed E-state index contributed by atoms with van der Waals surface area (Å²) < 4.78 is 54.8. The van der Waals surface area contributed by atoms with Crippen molar-refractivity contribution in [3.8, 4) is 0 Å². The minimum atomic E-state index is -4.15. The summed E-state index contributed by atoms with van der Waals surface area (Å²) in [5, 5.41) is 0.683. The summed E-state index contributed by atoms with van der Waals surface area (Å²) in [6.45, 7) is 1.60. The molecule has 2 N–H and O–H groups in total. The predicted molar refractivity (Wildman–Crippen MR) is 97.5 cm³/mol. The van der Waals surface area contributed by atoms with Crippen molar-refractivity contribution in [1.82, 2.24) is 4.98 Å². The first-order valence-electron chi connectivity index (χ1n) is 8.42. The number of anilines is 1. The van der Waals surface area contributed by atoms with Crippen LogP contribution in [0.4, 0.5) is 14.5 Å². The zero-order valence-electron chi connectivity index (χ0n) is 14.4. The van der Waals surface area contributed by atoms with Gasteiger partial charge in [0.2, 0.25) is 0 Å². The number of benzene rings is 2. The molecule has 0 saturated heterocycles. The molecule has 0 radical (unpaired) electrons. The molecule has 27 heavy (non-hydrogen) atoms. The predicted octanol–water partition coefficient (Wildman–Crippen LogP) is 4.07. The Hall–Kier alpha value is -2.74. The number of Topliss-reactive ketones (excluding diaryl/α,β-unsaturated/α-hetero) is 1. The fraction of sp³-hybridized carbons (Fsp3) is 0.211. The normalized spacial score (nSPS) is 14.4. The lowest BCUT2D eigenvalue weighted by atomic mass is 9.94. The van der Waals surface area contributed by atoms with E-state index in [2.05, 4.69) is 9.71 Å². The Kier molecular flexibility index (Phi) is 4.03. The van der Waals surface area contributed by atoms with Gasteiger partial charge in [0.25, 0.3) is 10.0 Å². The van der Waals surface area contributed by atoms with Crippen molar-refractivity contribution in [2.45, 2.75) is 31.1 Å². The molecule has 2 aromatic carbocycles. The summed E-state index contributed by atoms with van der Waals surface area (Å²) in [5.41, 5.74) is 1.90. The molecule has 140 valence electrons. The number of aromatic amines is 1. The monoisotopic (exact) mass is 390 g/mol. The van der Waals surface area contributed by atoms with E-state index >= 15 is 0 Å². The topological polar surface area (TPSA) is 79.0 Å². The van der Waals surface area contributed by atoms with Crippen LogP contribution in [-0.4, -0.2) is 19.2 Å². The second-order valence-electron chi connectivity index (χ2n) is 6.65. The van der Waals surface area contributed by atoms with Gasteiger partial charge in [-0.15, -0.1) is 0 Å². The number of fused-ring (bicyclic) bond motifs is 3. The van der Waals surface area contributed by atoms with E-state index < -0.39 is 27.3 Å². The molecule has 1 aliphatic rings. The second kappa shape index (κ2) is 6.16. The van der Waals surface area contributed by atoms with Gasteiger partial charge in [-0.25, -0.2) is 17.2 Å². The smallest absolute Gasteiger partial charge is 0.262 e. The highest BCUT2D eigenvalue weighted by Crippen LogP contribution is 2.33. The zero-order chi connectivity index (χ0) is 19.3. The molecule has 3 aromatic rings. The Morgan fingerprint density at radius 3 is 2.67 bits per heavy atom.